The maximum atomic E-state index is 14.8. The van der Waals surface area contributed by atoms with Crippen molar-refractivity contribution in [3.8, 4) is 11.6 Å². The fraction of sp³-hybridized carbons (Fsp3) is 0.421. The van der Waals surface area contributed by atoms with Gasteiger partial charge in [-0.25, -0.2) is 14.4 Å². The lowest BCUT2D eigenvalue weighted by Crippen LogP contribution is -2.47. The van der Waals surface area contributed by atoms with E-state index < -0.39 is 12.3 Å². The monoisotopic (exact) mass is 372 g/mol. The first-order valence-electron chi connectivity index (χ1n) is 8.89. The number of fused-ring (bicyclic) bond motifs is 1. The van der Waals surface area contributed by atoms with E-state index in [1.54, 1.807) is 12.1 Å². The molecule has 7 nitrogen and oxygen atoms in total. The molecule has 27 heavy (non-hydrogen) atoms. The number of nitrogens with one attached hydrogen (secondary N) is 1. The minimum absolute atomic E-state index is 0.101. The molecule has 0 saturated carbocycles. The van der Waals surface area contributed by atoms with E-state index >= 15 is 0 Å². The fourth-order valence-corrected chi connectivity index (χ4v) is 3.49. The Labute approximate surface area is 156 Å². The molecule has 0 aliphatic carbocycles. The number of nitrogens with zero attached hydrogens (tertiary/aromatic N) is 3. The number of aromatic nitrogens is 2. The number of ether oxygens (including phenoxy) is 2. The third kappa shape index (κ3) is 3.39. The summed E-state index contributed by atoms with van der Waals surface area (Å²) in [4.78, 5) is 22.4. The lowest BCUT2D eigenvalue weighted by Gasteiger charge is -2.36. The average Bonchev–Trinajstić information content (AvgIpc) is 3.03. The number of methoxy groups -OCH3 is 1. The van der Waals surface area contributed by atoms with Crippen molar-refractivity contribution in [3.05, 3.63) is 41.2 Å². The van der Waals surface area contributed by atoms with Crippen LogP contribution >= 0.6 is 0 Å². The summed E-state index contributed by atoms with van der Waals surface area (Å²) in [5.74, 6) is 1.64. The van der Waals surface area contributed by atoms with Gasteiger partial charge < -0.3 is 19.7 Å². The Morgan fingerprint density at radius 2 is 2.22 bits per heavy atom. The number of piperidine rings is 1. The minimum Gasteiger partial charge on any atom is -0.486 e. The second kappa shape index (κ2) is 7.02. The molecule has 8 heteroatoms. The van der Waals surface area contributed by atoms with Crippen molar-refractivity contribution in [1.82, 2.24) is 15.3 Å². The lowest BCUT2D eigenvalue weighted by molar-refractivity contribution is 0.0814. The maximum absolute atomic E-state index is 14.8. The van der Waals surface area contributed by atoms with E-state index in [4.69, 9.17) is 9.47 Å². The summed E-state index contributed by atoms with van der Waals surface area (Å²) < 4.78 is 25.6. The van der Waals surface area contributed by atoms with E-state index in [0.29, 0.717) is 36.7 Å². The van der Waals surface area contributed by atoms with E-state index in [-0.39, 0.29) is 12.5 Å². The Hall–Kier alpha value is -2.90. The Morgan fingerprint density at radius 3 is 2.93 bits per heavy atom. The summed E-state index contributed by atoms with van der Waals surface area (Å²) in [6, 6.07) is 5.24. The van der Waals surface area contributed by atoms with Gasteiger partial charge in [-0.3, -0.25) is 4.79 Å². The molecule has 2 aromatic rings. The number of pyridine rings is 2. The molecule has 142 valence electrons. The van der Waals surface area contributed by atoms with Crippen LogP contribution in [0.15, 0.2) is 24.4 Å². The highest BCUT2D eigenvalue weighted by molar-refractivity contribution is 5.98. The van der Waals surface area contributed by atoms with Crippen LogP contribution in [0.2, 0.25) is 0 Å². The van der Waals surface area contributed by atoms with E-state index in [2.05, 4.69) is 15.3 Å². The van der Waals surface area contributed by atoms with Crippen LogP contribution in [0.5, 0.6) is 11.6 Å². The summed E-state index contributed by atoms with van der Waals surface area (Å²) in [6.07, 6.45) is 0.376. The van der Waals surface area contributed by atoms with E-state index in [1.807, 2.05) is 17.9 Å². The third-order valence-electron chi connectivity index (χ3n) is 4.91. The van der Waals surface area contributed by atoms with E-state index in [0.717, 1.165) is 17.1 Å². The van der Waals surface area contributed by atoms with E-state index in [9.17, 15) is 9.18 Å². The molecule has 0 spiro atoms. The molecule has 2 atom stereocenters. The van der Waals surface area contributed by atoms with Crippen LogP contribution in [0.3, 0.4) is 0 Å². The highest BCUT2D eigenvalue weighted by Gasteiger charge is 2.33. The molecule has 0 aromatic carbocycles. The zero-order valence-electron chi connectivity index (χ0n) is 15.2. The highest BCUT2D eigenvalue weighted by atomic mass is 19.1. The van der Waals surface area contributed by atoms with Crippen molar-refractivity contribution < 1.29 is 18.7 Å². The fourth-order valence-electron chi connectivity index (χ4n) is 3.49. The molecule has 1 amide bonds. The molecular formula is C19H21FN4O3. The van der Waals surface area contributed by atoms with Crippen LogP contribution in [0.1, 0.15) is 28.0 Å². The predicted octanol–water partition coefficient (Wildman–Crippen LogP) is 2.03. The average molecular weight is 372 g/mol. The number of amides is 1. The van der Waals surface area contributed by atoms with Gasteiger partial charge >= 0.3 is 0 Å². The molecule has 0 radical (unpaired) electrons. The molecule has 4 heterocycles. The van der Waals surface area contributed by atoms with Gasteiger partial charge in [0.1, 0.15) is 17.7 Å². The zero-order valence-corrected chi connectivity index (χ0v) is 15.2. The summed E-state index contributed by atoms with van der Waals surface area (Å²) in [7, 11) is 1.54. The zero-order chi connectivity index (χ0) is 19.0. The molecule has 2 aliphatic rings. The van der Waals surface area contributed by atoms with Crippen LogP contribution in [0.4, 0.5) is 10.2 Å². The minimum atomic E-state index is -1.16. The number of rotatable bonds is 4. The van der Waals surface area contributed by atoms with Crippen molar-refractivity contribution >= 4 is 11.7 Å². The van der Waals surface area contributed by atoms with Crippen molar-refractivity contribution in [2.24, 2.45) is 0 Å². The number of halogens is 1. The summed E-state index contributed by atoms with van der Waals surface area (Å²) in [5.41, 5.74) is 2.20. The molecule has 0 unspecified atom stereocenters. The van der Waals surface area contributed by atoms with Crippen LogP contribution in [-0.4, -0.2) is 48.4 Å². The number of hydrogen-bond acceptors (Lipinski definition) is 6. The van der Waals surface area contributed by atoms with Crippen LogP contribution in [-0.2, 0) is 6.54 Å². The predicted molar refractivity (Wildman–Crippen MR) is 97.1 cm³/mol. The first-order chi connectivity index (χ1) is 13.0. The van der Waals surface area contributed by atoms with Crippen LogP contribution < -0.4 is 19.7 Å². The van der Waals surface area contributed by atoms with Gasteiger partial charge in [0.2, 0.25) is 5.88 Å². The Balaban J connectivity index is 1.45. The van der Waals surface area contributed by atoms with Gasteiger partial charge in [-0.2, -0.15) is 0 Å². The van der Waals surface area contributed by atoms with E-state index in [1.165, 1.54) is 13.3 Å². The first-order valence-corrected chi connectivity index (χ1v) is 8.89. The van der Waals surface area contributed by atoms with Gasteiger partial charge in [0.05, 0.1) is 37.7 Å². The Kier molecular flexibility index (Phi) is 4.55. The second-order valence-electron chi connectivity index (χ2n) is 6.75. The van der Waals surface area contributed by atoms with Crippen LogP contribution in [0.25, 0.3) is 0 Å². The molecule has 1 fully saturated rings. The topological polar surface area (TPSA) is 76.6 Å². The Morgan fingerprint density at radius 1 is 1.37 bits per heavy atom. The summed E-state index contributed by atoms with van der Waals surface area (Å²) in [6.45, 7) is 3.14. The smallest absolute Gasteiger partial charge is 0.253 e. The standard InChI is InChI=1S/C19H21FN4O3/c1-11-7-13-15(9-22-19(13)25)23-18(11)24-6-5-16(14(20)10-24)27-12-3-4-17(26-2)21-8-12/h3-4,7-8,14,16H,5-6,9-10H2,1-2H3,(H,22,25)/t14-,16+/m0/s1. The number of anilines is 1. The van der Waals surface area contributed by atoms with Crippen LogP contribution in [0, 0.1) is 6.92 Å². The summed E-state index contributed by atoms with van der Waals surface area (Å²) in [5, 5.41) is 2.76. The number of carbonyl (C=O) groups is 1. The Bertz CT molecular complexity index is 859. The van der Waals surface area contributed by atoms with Gasteiger partial charge in [0.25, 0.3) is 5.91 Å². The van der Waals surface area contributed by atoms with Crippen molar-refractivity contribution in [1.29, 1.82) is 0 Å². The van der Waals surface area contributed by atoms with Gasteiger partial charge in [0, 0.05) is 19.0 Å². The molecule has 4 rings (SSSR count). The summed E-state index contributed by atoms with van der Waals surface area (Å²) >= 11 is 0. The number of hydrogen-bond donors (Lipinski definition) is 1. The van der Waals surface area contributed by atoms with Gasteiger partial charge in [0.15, 0.2) is 6.17 Å². The van der Waals surface area contributed by atoms with Gasteiger partial charge in [-0.05, 0) is 24.6 Å². The highest BCUT2D eigenvalue weighted by Crippen LogP contribution is 2.28. The molecule has 1 saturated heterocycles. The SMILES string of the molecule is COc1ccc(O[C@@H]2CCN(c3nc4c(cc3C)C(=O)NC4)C[C@@H]2F)cn1. The number of carbonyl (C=O) groups excluding carboxylic acids is 1. The maximum Gasteiger partial charge on any atom is 0.253 e. The number of aryl methyl sites for hydroxylation is 1. The molecule has 2 aliphatic heterocycles. The van der Waals surface area contributed by atoms with Crippen molar-refractivity contribution in [2.45, 2.75) is 32.2 Å². The second-order valence-corrected chi connectivity index (χ2v) is 6.75. The molecule has 2 aromatic heterocycles. The normalized spacial score (nSPS) is 21.6. The first kappa shape index (κ1) is 17.5. The molecule has 0 bridgehead atoms. The number of alkyl halides is 1. The molecular weight excluding hydrogens is 351 g/mol. The quantitative estimate of drug-likeness (QED) is 0.885. The van der Waals surface area contributed by atoms with Gasteiger partial charge in [-0.1, -0.05) is 0 Å². The van der Waals surface area contributed by atoms with Crippen molar-refractivity contribution in [2.75, 3.05) is 25.1 Å². The third-order valence-corrected chi connectivity index (χ3v) is 4.91. The van der Waals surface area contributed by atoms with Crippen molar-refractivity contribution in [3.63, 3.8) is 0 Å². The largest absolute Gasteiger partial charge is 0.486 e. The van der Waals surface area contributed by atoms with Gasteiger partial charge in [-0.15, -0.1) is 0 Å². The lowest BCUT2D eigenvalue weighted by atomic mass is 10.0. The molecule has 1 N–H and O–H groups in total.